The summed E-state index contributed by atoms with van der Waals surface area (Å²) in [6.45, 7) is 0. The summed E-state index contributed by atoms with van der Waals surface area (Å²) in [7, 11) is 0. The molecule has 3 aromatic rings. The summed E-state index contributed by atoms with van der Waals surface area (Å²) >= 11 is 5.83. The molecule has 1 saturated heterocycles. The Labute approximate surface area is 170 Å². The van der Waals surface area contributed by atoms with Crippen LogP contribution in [-0.4, -0.2) is 30.6 Å². The third-order valence-electron chi connectivity index (χ3n) is 5.88. The highest BCUT2D eigenvalue weighted by Gasteiger charge is 2.44. The summed E-state index contributed by atoms with van der Waals surface area (Å²) in [5.41, 5.74) is 3.36. The predicted octanol–water partition coefficient (Wildman–Crippen LogP) is 4.18. The van der Waals surface area contributed by atoms with Gasteiger partial charge in [0.1, 0.15) is 0 Å². The van der Waals surface area contributed by atoms with Crippen molar-refractivity contribution in [2.24, 2.45) is 0 Å². The molecular formula is C22H23N5S. The molecule has 3 aromatic heterocycles. The fraction of sp³-hybridized carbons (Fsp3) is 0.318. The molecule has 2 atom stereocenters. The van der Waals surface area contributed by atoms with Crippen LogP contribution in [0.25, 0.3) is 5.69 Å². The van der Waals surface area contributed by atoms with Crippen LogP contribution in [0.2, 0.25) is 0 Å². The number of hydrogen-bond acceptors (Lipinski definition) is 3. The predicted molar refractivity (Wildman–Crippen MR) is 113 cm³/mol. The molecule has 5 rings (SSSR count). The van der Waals surface area contributed by atoms with Gasteiger partial charge in [0.05, 0.1) is 17.8 Å². The number of hydrogen-bond donors (Lipinski definition) is 1. The maximum absolute atomic E-state index is 5.83. The number of thiocarbonyl (C=S) groups is 1. The van der Waals surface area contributed by atoms with E-state index in [-0.39, 0.29) is 12.1 Å². The van der Waals surface area contributed by atoms with E-state index >= 15 is 0 Å². The van der Waals surface area contributed by atoms with Crippen LogP contribution in [0.15, 0.2) is 67.3 Å². The Morgan fingerprint density at radius 1 is 0.964 bits per heavy atom. The lowest BCUT2D eigenvalue weighted by molar-refractivity contribution is 0.239. The van der Waals surface area contributed by atoms with E-state index in [1.807, 2.05) is 42.9 Å². The molecule has 2 unspecified atom stereocenters. The molecule has 28 heavy (non-hydrogen) atoms. The van der Waals surface area contributed by atoms with Gasteiger partial charge in [0.2, 0.25) is 0 Å². The second-order valence-corrected chi connectivity index (χ2v) is 7.87. The van der Waals surface area contributed by atoms with E-state index in [9.17, 15) is 0 Å². The molecule has 1 N–H and O–H groups in total. The number of rotatable bonds is 4. The summed E-state index contributed by atoms with van der Waals surface area (Å²) < 4.78 is 2.25. The maximum atomic E-state index is 5.83. The molecule has 2 aliphatic rings. The van der Waals surface area contributed by atoms with Crippen LogP contribution >= 0.6 is 12.2 Å². The molecule has 0 aromatic carbocycles. The minimum atomic E-state index is 0.0322. The molecule has 0 amide bonds. The van der Waals surface area contributed by atoms with Crippen molar-refractivity contribution in [1.29, 1.82) is 0 Å². The van der Waals surface area contributed by atoms with E-state index in [0.29, 0.717) is 6.04 Å². The molecular weight excluding hydrogens is 366 g/mol. The number of pyridine rings is 2. The van der Waals surface area contributed by atoms with Gasteiger partial charge < -0.3 is 14.8 Å². The van der Waals surface area contributed by atoms with Gasteiger partial charge in [0.25, 0.3) is 0 Å². The number of nitrogens with one attached hydrogen (secondary N) is 1. The van der Waals surface area contributed by atoms with Crippen LogP contribution in [0.5, 0.6) is 0 Å². The molecule has 1 aliphatic heterocycles. The fourth-order valence-corrected chi connectivity index (χ4v) is 5.02. The third kappa shape index (κ3) is 2.98. The normalized spacial score (nSPS) is 22.6. The molecule has 2 fully saturated rings. The van der Waals surface area contributed by atoms with Crippen LogP contribution in [-0.2, 0) is 0 Å². The lowest BCUT2D eigenvalue weighted by Gasteiger charge is -2.33. The molecule has 0 spiro atoms. The Hall–Kier alpha value is -2.73. The second kappa shape index (κ2) is 7.36. The Morgan fingerprint density at radius 3 is 2.54 bits per heavy atom. The van der Waals surface area contributed by atoms with Gasteiger partial charge in [-0.05, 0) is 61.5 Å². The SMILES string of the molecule is S=C1NC(c2ccccn2)C(c2cccn2-c2ccncc2)N1C1CCCC1. The fourth-order valence-electron chi connectivity index (χ4n) is 4.63. The molecule has 1 aliphatic carbocycles. The number of aromatic nitrogens is 3. The highest BCUT2D eigenvalue weighted by Crippen LogP contribution is 2.43. The van der Waals surface area contributed by atoms with Gasteiger partial charge >= 0.3 is 0 Å². The van der Waals surface area contributed by atoms with Gasteiger partial charge in [0, 0.05) is 42.2 Å². The molecule has 4 heterocycles. The van der Waals surface area contributed by atoms with Gasteiger partial charge in [0.15, 0.2) is 5.11 Å². The lowest BCUT2D eigenvalue weighted by Crippen LogP contribution is -2.38. The zero-order valence-corrected chi connectivity index (χ0v) is 16.4. The average Bonchev–Trinajstić information content (AvgIpc) is 3.48. The largest absolute Gasteiger partial charge is 0.352 e. The Kier molecular flexibility index (Phi) is 4.56. The standard InChI is InChI=1S/C22H23N5S/c28-22-25-20(18-8-3-4-12-24-18)21(27(22)17-6-1-2-7-17)19-9-5-15-26(19)16-10-13-23-14-11-16/h3-5,8-15,17,20-21H,1-2,6-7H2,(H,25,28). The van der Waals surface area contributed by atoms with Gasteiger partial charge in [-0.15, -0.1) is 0 Å². The first-order valence-corrected chi connectivity index (χ1v) is 10.3. The first kappa shape index (κ1) is 17.4. The Morgan fingerprint density at radius 2 is 1.79 bits per heavy atom. The van der Waals surface area contributed by atoms with Crippen molar-refractivity contribution < 1.29 is 0 Å². The van der Waals surface area contributed by atoms with Crippen molar-refractivity contribution in [1.82, 2.24) is 24.8 Å². The minimum absolute atomic E-state index is 0.0322. The molecule has 1 saturated carbocycles. The molecule has 0 bridgehead atoms. The summed E-state index contributed by atoms with van der Waals surface area (Å²) in [5.74, 6) is 0. The second-order valence-electron chi connectivity index (χ2n) is 7.48. The van der Waals surface area contributed by atoms with E-state index in [0.717, 1.165) is 16.5 Å². The highest BCUT2D eigenvalue weighted by atomic mass is 32.1. The van der Waals surface area contributed by atoms with Crippen LogP contribution in [0.3, 0.4) is 0 Å². The molecule has 5 nitrogen and oxygen atoms in total. The summed E-state index contributed by atoms with van der Waals surface area (Å²) in [6.07, 6.45) is 12.6. The van der Waals surface area contributed by atoms with Crippen molar-refractivity contribution in [2.45, 2.75) is 43.8 Å². The van der Waals surface area contributed by atoms with E-state index in [1.54, 1.807) is 0 Å². The van der Waals surface area contributed by atoms with E-state index in [1.165, 1.54) is 31.4 Å². The first-order chi connectivity index (χ1) is 13.8. The van der Waals surface area contributed by atoms with Gasteiger partial charge in [-0.3, -0.25) is 9.97 Å². The average molecular weight is 390 g/mol. The minimum Gasteiger partial charge on any atom is -0.352 e. The highest BCUT2D eigenvalue weighted by molar-refractivity contribution is 7.80. The molecule has 0 radical (unpaired) electrons. The van der Waals surface area contributed by atoms with Crippen molar-refractivity contribution in [2.75, 3.05) is 0 Å². The van der Waals surface area contributed by atoms with Crippen molar-refractivity contribution >= 4 is 17.3 Å². The van der Waals surface area contributed by atoms with Gasteiger partial charge in [-0.2, -0.15) is 0 Å². The molecule has 142 valence electrons. The van der Waals surface area contributed by atoms with Gasteiger partial charge in [-0.1, -0.05) is 18.9 Å². The quantitative estimate of drug-likeness (QED) is 0.678. The summed E-state index contributed by atoms with van der Waals surface area (Å²) in [4.78, 5) is 11.3. The number of nitrogens with zero attached hydrogens (tertiary/aromatic N) is 4. The smallest absolute Gasteiger partial charge is 0.170 e. The topological polar surface area (TPSA) is 46.0 Å². The lowest BCUT2D eigenvalue weighted by atomic mass is 9.99. The van der Waals surface area contributed by atoms with E-state index in [2.05, 4.69) is 49.1 Å². The Balaban J connectivity index is 1.62. The first-order valence-electron chi connectivity index (χ1n) is 9.90. The van der Waals surface area contributed by atoms with Crippen LogP contribution in [0.4, 0.5) is 0 Å². The van der Waals surface area contributed by atoms with Crippen molar-refractivity contribution in [3.8, 4) is 5.69 Å². The van der Waals surface area contributed by atoms with Crippen LogP contribution < -0.4 is 5.32 Å². The van der Waals surface area contributed by atoms with Crippen LogP contribution in [0, 0.1) is 0 Å². The monoisotopic (exact) mass is 389 g/mol. The molecule has 6 heteroatoms. The zero-order valence-electron chi connectivity index (χ0n) is 15.6. The Bertz CT molecular complexity index is 949. The van der Waals surface area contributed by atoms with Crippen molar-refractivity contribution in [3.63, 3.8) is 0 Å². The summed E-state index contributed by atoms with van der Waals surface area (Å²) in [6, 6.07) is 15.1. The van der Waals surface area contributed by atoms with Crippen LogP contribution in [0.1, 0.15) is 49.2 Å². The summed E-state index contributed by atoms with van der Waals surface area (Å²) in [5, 5.41) is 4.43. The maximum Gasteiger partial charge on any atom is 0.170 e. The van der Waals surface area contributed by atoms with Gasteiger partial charge in [-0.25, -0.2) is 0 Å². The van der Waals surface area contributed by atoms with E-state index in [4.69, 9.17) is 12.2 Å². The zero-order chi connectivity index (χ0) is 18.9. The third-order valence-corrected chi connectivity index (χ3v) is 6.21. The van der Waals surface area contributed by atoms with Crippen molar-refractivity contribution in [3.05, 3.63) is 78.6 Å². The van der Waals surface area contributed by atoms with E-state index < -0.39 is 0 Å².